The van der Waals surface area contributed by atoms with Gasteiger partial charge >= 0.3 is 0 Å². The molecule has 5 nitrogen and oxygen atoms in total. The first-order chi connectivity index (χ1) is 16.4. The summed E-state index contributed by atoms with van der Waals surface area (Å²) < 4.78 is 25.8. The minimum atomic E-state index is -0.291. The van der Waals surface area contributed by atoms with E-state index in [2.05, 4.69) is 32.9 Å². The number of rotatable bonds is 7. The average Bonchev–Trinajstić information content (AvgIpc) is 3.14. The maximum absolute atomic E-state index is 13.2. The molecule has 3 aromatic carbocycles. The zero-order chi connectivity index (χ0) is 24.1. The Morgan fingerprint density at radius 1 is 1.12 bits per heavy atom. The zero-order valence-electron chi connectivity index (χ0n) is 18.0. The summed E-state index contributed by atoms with van der Waals surface area (Å²) in [6.45, 7) is 2.62. The molecule has 34 heavy (non-hydrogen) atoms. The molecule has 174 valence electrons. The largest absolute Gasteiger partial charge is 0.490 e. The fourth-order valence-electron chi connectivity index (χ4n) is 3.08. The van der Waals surface area contributed by atoms with Crippen molar-refractivity contribution in [3.05, 3.63) is 91.1 Å². The van der Waals surface area contributed by atoms with Crippen LogP contribution < -0.4 is 14.8 Å². The number of aliphatic imine (C=N–C) groups is 1. The van der Waals surface area contributed by atoms with Crippen LogP contribution in [-0.2, 0) is 11.4 Å². The van der Waals surface area contributed by atoms with Crippen molar-refractivity contribution in [2.75, 3.05) is 6.61 Å². The maximum atomic E-state index is 13.2. The van der Waals surface area contributed by atoms with Crippen LogP contribution in [0.3, 0.4) is 0 Å². The molecule has 0 spiro atoms. The Bertz CT molecular complexity index is 1260. The molecule has 1 fully saturated rings. The summed E-state index contributed by atoms with van der Waals surface area (Å²) in [7, 11) is 0. The van der Waals surface area contributed by atoms with Gasteiger partial charge in [-0.15, -0.1) is 0 Å². The molecule has 4 rings (SSSR count). The number of amides is 1. The van der Waals surface area contributed by atoms with E-state index in [1.165, 1.54) is 23.9 Å². The van der Waals surface area contributed by atoms with Crippen molar-refractivity contribution >= 4 is 68.8 Å². The van der Waals surface area contributed by atoms with Crippen LogP contribution in [0.15, 0.2) is 70.6 Å². The molecule has 0 unspecified atom stereocenters. The van der Waals surface area contributed by atoms with E-state index in [9.17, 15) is 9.18 Å². The fourth-order valence-corrected chi connectivity index (χ4v) is 4.82. The van der Waals surface area contributed by atoms with E-state index < -0.39 is 0 Å². The number of carbonyl (C=O) groups excluding carboxylic acids is 1. The van der Waals surface area contributed by atoms with Crippen LogP contribution in [0.2, 0.25) is 5.02 Å². The van der Waals surface area contributed by atoms with Gasteiger partial charge in [0.15, 0.2) is 16.7 Å². The Hall–Kier alpha value is -2.56. The van der Waals surface area contributed by atoms with Crippen LogP contribution in [0.1, 0.15) is 18.1 Å². The van der Waals surface area contributed by atoms with Gasteiger partial charge in [0.25, 0.3) is 5.91 Å². The second kappa shape index (κ2) is 11.2. The first kappa shape index (κ1) is 24.6. The highest BCUT2D eigenvalue weighted by Crippen LogP contribution is 2.37. The molecule has 1 aliphatic heterocycles. The van der Waals surface area contributed by atoms with E-state index in [1.54, 1.807) is 42.5 Å². The lowest BCUT2D eigenvalue weighted by atomic mass is 10.1. The van der Waals surface area contributed by atoms with E-state index in [-0.39, 0.29) is 18.3 Å². The predicted octanol–water partition coefficient (Wildman–Crippen LogP) is 6.95. The SMILES string of the molecule is CCOc1cc(/C=C2\SC(=Nc3ccc(Cl)cc3)NC2=O)cc(I)c1OCc1ccc(F)cc1. The van der Waals surface area contributed by atoms with E-state index in [0.29, 0.717) is 38.9 Å². The molecule has 1 aliphatic rings. The van der Waals surface area contributed by atoms with Crippen molar-refractivity contribution in [3.63, 3.8) is 0 Å². The Balaban J connectivity index is 1.54. The van der Waals surface area contributed by atoms with Gasteiger partial charge in [-0.3, -0.25) is 4.79 Å². The number of halogens is 3. The monoisotopic (exact) mass is 608 g/mol. The summed E-state index contributed by atoms with van der Waals surface area (Å²) in [5, 5.41) is 3.90. The molecule has 1 saturated heterocycles. The summed E-state index contributed by atoms with van der Waals surface area (Å²) in [5.41, 5.74) is 2.34. The van der Waals surface area contributed by atoms with E-state index in [4.69, 9.17) is 21.1 Å². The minimum absolute atomic E-state index is 0.220. The van der Waals surface area contributed by atoms with Crippen LogP contribution in [0.25, 0.3) is 6.08 Å². The van der Waals surface area contributed by atoms with Crippen molar-refractivity contribution in [3.8, 4) is 11.5 Å². The van der Waals surface area contributed by atoms with E-state index >= 15 is 0 Å². The number of nitrogens with one attached hydrogen (secondary N) is 1. The molecule has 0 atom stereocenters. The second-order valence-corrected chi connectivity index (χ2v) is 9.77. The fraction of sp³-hybridized carbons (Fsp3) is 0.120. The molecule has 0 bridgehead atoms. The van der Waals surface area contributed by atoms with Gasteiger partial charge in [-0.05, 0) is 107 Å². The third-order valence-electron chi connectivity index (χ3n) is 4.63. The molecule has 1 N–H and O–H groups in total. The Kier molecular flexibility index (Phi) is 8.12. The van der Waals surface area contributed by atoms with Gasteiger partial charge in [-0.25, -0.2) is 9.38 Å². The van der Waals surface area contributed by atoms with Gasteiger partial charge in [0.2, 0.25) is 0 Å². The van der Waals surface area contributed by atoms with Gasteiger partial charge < -0.3 is 14.8 Å². The van der Waals surface area contributed by atoms with Gasteiger partial charge in [0, 0.05) is 5.02 Å². The van der Waals surface area contributed by atoms with E-state index in [1.807, 2.05) is 19.1 Å². The molecule has 9 heteroatoms. The van der Waals surface area contributed by atoms with Gasteiger partial charge in [-0.2, -0.15) is 0 Å². The van der Waals surface area contributed by atoms with Gasteiger partial charge in [0.05, 0.1) is 20.8 Å². The number of thioether (sulfide) groups is 1. The van der Waals surface area contributed by atoms with Crippen LogP contribution in [0.5, 0.6) is 11.5 Å². The Morgan fingerprint density at radius 3 is 2.56 bits per heavy atom. The summed E-state index contributed by atoms with van der Waals surface area (Å²) >= 11 is 9.35. The summed E-state index contributed by atoms with van der Waals surface area (Å²) in [4.78, 5) is 17.5. The minimum Gasteiger partial charge on any atom is -0.490 e. The standard InChI is InChI=1S/C25H19ClFIN2O3S/c1-2-32-21-12-16(11-20(28)23(21)33-14-15-3-7-18(27)8-4-15)13-22-24(31)30-25(34-22)29-19-9-5-17(26)6-10-19/h3-13H,2,14H2,1H3,(H,29,30,31)/b22-13-. The summed E-state index contributed by atoms with van der Waals surface area (Å²) in [6, 6.07) is 17.0. The van der Waals surface area contributed by atoms with Crippen LogP contribution in [0.4, 0.5) is 10.1 Å². The Morgan fingerprint density at radius 2 is 1.85 bits per heavy atom. The van der Waals surface area contributed by atoms with Crippen molar-refractivity contribution in [1.29, 1.82) is 0 Å². The molecule has 1 heterocycles. The van der Waals surface area contributed by atoms with Crippen LogP contribution in [-0.4, -0.2) is 17.7 Å². The Labute approximate surface area is 219 Å². The lowest BCUT2D eigenvalue weighted by Gasteiger charge is -2.15. The van der Waals surface area contributed by atoms with Crippen molar-refractivity contribution in [1.82, 2.24) is 5.32 Å². The number of ether oxygens (including phenoxy) is 2. The number of benzene rings is 3. The molecular formula is C25H19ClFIN2O3S. The highest BCUT2D eigenvalue weighted by Gasteiger charge is 2.24. The third kappa shape index (κ3) is 6.31. The smallest absolute Gasteiger partial charge is 0.264 e. The topological polar surface area (TPSA) is 59.9 Å². The summed E-state index contributed by atoms with van der Waals surface area (Å²) in [6.07, 6.45) is 1.79. The second-order valence-electron chi connectivity index (χ2n) is 7.14. The quantitative estimate of drug-likeness (QED) is 0.233. The highest BCUT2D eigenvalue weighted by molar-refractivity contribution is 14.1. The van der Waals surface area contributed by atoms with Crippen molar-refractivity contribution in [2.24, 2.45) is 4.99 Å². The van der Waals surface area contributed by atoms with Gasteiger partial charge in [-0.1, -0.05) is 23.7 Å². The molecular weight excluding hydrogens is 590 g/mol. The molecule has 0 radical (unpaired) electrons. The maximum Gasteiger partial charge on any atom is 0.264 e. The number of carbonyl (C=O) groups is 1. The summed E-state index contributed by atoms with van der Waals surface area (Å²) in [5.74, 6) is 0.660. The molecule has 0 saturated carbocycles. The highest BCUT2D eigenvalue weighted by atomic mass is 127. The third-order valence-corrected chi connectivity index (χ3v) is 6.60. The normalized spacial score (nSPS) is 15.6. The lowest BCUT2D eigenvalue weighted by molar-refractivity contribution is -0.115. The van der Waals surface area contributed by atoms with Crippen molar-refractivity contribution in [2.45, 2.75) is 13.5 Å². The zero-order valence-corrected chi connectivity index (χ0v) is 21.7. The first-order valence-electron chi connectivity index (χ1n) is 10.3. The number of nitrogens with zero attached hydrogens (tertiary/aromatic N) is 1. The van der Waals surface area contributed by atoms with Crippen LogP contribution in [0, 0.1) is 9.39 Å². The van der Waals surface area contributed by atoms with E-state index in [0.717, 1.165) is 14.7 Å². The molecule has 1 amide bonds. The number of amidine groups is 1. The number of hydrogen-bond donors (Lipinski definition) is 1. The lowest BCUT2D eigenvalue weighted by Crippen LogP contribution is -2.19. The molecule has 0 aliphatic carbocycles. The van der Waals surface area contributed by atoms with Crippen LogP contribution >= 0.6 is 46.0 Å². The van der Waals surface area contributed by atoms with Crippen molar-refractivity contribution < 1.29 is 18.7 Å². The number of hydrogen-bond acceptors (Lipinski definition) is 5. The molecule has 0 aromatic heterocycles. The average molecular weight is 609 g/mol. The van der Waals surface area contributed by atoms with Gasteiger partial charge in [0.1, 0.15) is 12.4 Å². The predicted molar refractivity (Wildman–Crippen MR) is 143 cm³/mol. The molecule has 3 aromatic rings. The first-order valence-corrected chi connectivity index (χ1v) is 12.6.